The van der Waals surface area contributed by atoms with Crippen LogP contribution < -0.4 is 0 Å². The highest BCUT2D eigenvalue weighted by atomic mass is 19.1. The number of carboxylic acids is 1. The van der Waals surface area contributed by atoms with Crippen molar-refractivity contribution >= 4 is 17.4 Å². The van der Waals surface area contributed by atoms with Crippen LogP contribution in [-0.4, -0.2) is 47.7 Å². The first-order chi connectivity index (χ1) is 9.97. The number of carbonyl (C=O) groups excluding carboxylic acids is 1. The number of carbonyl (C=O) groups is 2. The molecule has 1 heterocycles. The second-order valence-corrected chi connectivity index (χ2v) is 4.82. The molecule has 1 aliphatic rings. The lowest BCUT2D eigenvalue weighted by Crippen LogP contribution is -2.48. The van der Waals surface area contributed by atoms with E-state index in [1.54, 1.807) is 19.1 Å². The van der Waals surface area contributed by atoms with E-state index < -0.39 is 12.1 Å². The number of allylic oxidation sites excluding steroid dienone is 1. The summed E-state index contributed by atoms with van der Waals surface area (Å²) < 4.78 is 17.9. The average molecular weight is 293 g/mol. The van der Waals surface area contributed by atoms with E-state index in [0.717, 1.165) is 5.56 Å². The minimum Gasteiger partial charge on any atom is -0.479 e. The molecule has 0 radical (unpaired) electrons. The maximum Gasteiger partial charge on any atom is 0.334 e. The van der Waals surface area contributed by atoms with Crippen molar-refractivity contribution in [3.05, 3.63) is 41.7 Å². The molecule has 112 valence electrons. The number of morpholine rings is 1. The molecule has 1 saturated heterocycles. The fourth-order valence-corrected chi connectivity index (χ4v) is 2.07. The number of carboxylic acid groups (broad SMARTS) is 1. The van der Waals surface area contributed by atoms with Gasteiger partial charge in [-0.1, -0.05) is 12.1 Å². The van der Waals surface area contributed by atoms with Crippen LogP contribution in [-0.2, 0) is 14.3 Å². The van der Waals surface area contributed by atoms with Crippen LogP contribution in [0.4, 0.5) is 4.39 Å². The largest absolute Gasteiger partial charge is 0.479 e. The Balaban J connectivity index is 2.07. The standard InChI is InChI=1S/C15H16FNO4/c1-10(11-2-4-12(16)5-3-11)8-14(18)17-6-7-21-13(9-17)15(19)20/h2-5,8,13H,6-7,9H2,1H3,(H,19,20)/b10-8+. The minimum absolute atomic E-state index is 0.0291. The highest BCUT2D eigenvalue weighted by Crippen LogP contribution is 2.15. The predicted octanol–water partition coefficient (Wildman–Crippen LogP) is 1.54. The van der Waals surface area contributed by atoms with Gasteiger partial charge in [0.25, 0.3) is 0 Å². The average Bonchev–Trinajstić information content (AvgIpc) is 2.48. The van der Waals surface area contributed by atoms with Gasteiger partial charge in [-0.2, -0.15) is 0 Å². The van der Waals surface area contributed by atoms with Crippen LogP contribution in [0.3, 0.4) is 0 Å². The van der Waals surface area contributed by atoms with Crippen LogP contribution >= 0.6 is 0 Å². The third kappa shape index (κ3) is 3.88. The molecule has 1 aliphatic heterocycles. The molecule has 2 rings (SSSR count). The van der Waals surface area contributed by atoms with E-state index in [1.807, 2.05) is 0 Å². The molecule has 0 saturated carbocycles. The Bertz CT molecular complexity index is 568. The van der Waals surface area contributed by atoms with Crippen LogP contribution in [0.25, 0.3) is 5.57 Å². The number of nitrogens with zero attached hydrogens (tertiary/aromatic N) is 1. The summed E-state index contributed by atoms with van der Waals surface area (Å²) in [7, 11) is 0. The van der Waals surface area contributed by atoms with Crippen molar-refractivity contribution in [1.29, 1.82) is 0 Å². The molecule has 5 nitrogen and oxygen atoms in total. The van der Waals surface area contributed by atoms with Crippen molar-refractivity contribution in [2.24, 2.45) is 0 Å². The zero-order chi connectivity index (χ0) is 15.4. The predicted molar refractivity (Wildman–Crippen MR) is 74.0 cm³/mol. The van der Waals surface area contributed by atoms with Crippen molar-refractivity contribution in [3.8, 4) is 0 Å². The Hall–Kier alpha value is -2.21. The van der Waals surface area contributed by atoms with Crippen molar-refractivity contribution < 1.29 is 23.8 Å². The molecule has 1 fully saturated rings. The van der Waals surface area contributed by atoms with E-state index in [-0.39, 0.29) is 24.9 Å². The summed E-state index contributed by atoms with van der Waals surface area (Å²) in [6.07, 6.45) is 0.444. The lowest BCUT2D eigenvalue weighted by Gasteiger charge is -2.30. The van der Waals surface area contributed by atoms with Crippen molar-refractivity contribution in [1.82, 2.24) is 4.90 Å². The summed E-state index contributed by atoms with van der Waals surface area (Å²) in [5.74, 6) is -1.69. The van der Waals surface area contributed by atoms with Gasteiger partial charge >= 0.3 is 5.97 Å². The Labute approximate surface area is 121 Å². The van der Waals surface area contributed by atoms with Gasteiger partial charge in [-0.25, -0.2) is 9.18 Å². The monoisotopic (exact) mass is 293 g/mol. The lowest BCUT2D eigenvalue weighted by molar-refractivity contribution is -0.158. The van der Waals surface area contributed by atoms with Gasteiger partial charge in [0.2, 0.25) is 5.91 Å². The Kier molecular flexibility index (Phi) is 4.70. The van der Waals surface area contributed by atoms with Crippen molar-refractivity contribution in [2.75, 3.05) is 19.7 Å². The quantitative estimate of drug-likeness (QED) is 0.859. The van der Waals surface area contributed by atoms with Crippen molar-refractivity contribution in [3.63, 3.8) is 0 Å². The zero-order valence-corrected chi connectivity index (χ0v) is 11.6. The number of ether oxygens (including phenoxy) is 1. The Morgan fingerprint density at radius 3 is 2.67 bits per heavy atom. The molecule has 0 bridgehead atoms. The molecule has 1 amide bonds. The van der Waals surface area contributed by atoms with Gasteiger partial charge in [0.05, 0.1) is 13.2 Å². The molecule has 0 aliphatic carbocycles. The summed E-state index contributed by atoms with van der Waals surface area (Å²) in [6, 6.07) is 5.83. The van der Waals surface area contributed by atoms with E-state index in [4.69, 9.17) is 9.84 Å². The van der Waals surface area contributed by atoms with E-state index in [2.05, 4.69) is 0 Å². The molecule has 0 aromatic heterocycles. The molecule has 1 unspecified atom stereocenters. The topological polar surface area (TPSA) is 66.8 Å². The van der Waals surface area contributed by atoms with Gasteiger partial charge in [0.1, 0.15) is 5.82 Å². The summed E-state index contributed by atoms with van der Waals surface area (Å²) >= 11 is 0. The maximum absolute atomic E-state index is 12.9. The molecular formula is C15H16FNO4. The zero-order valence-electron chi connectivity index (χ0n) is 11.6. The first-order valence-electron chi connectivity index (χ1n) is 6.55. The van der Waals surface area contributed by atoms with Gasteiger partial charge in [-0.15, -0.1) is 0 Å². The minimum atomic E-state index is -1.08. The molecule has 1 atom stereocenters. The SMILES string of the molecule is C/C(=C\C(=O)N1CCOC(C(=O)O)C1)c1ccc(F)cc1. The van der Waals surface area contributed by atoms with Gasteiger partial charge < -0.3 is 14.7 Å². The van der Waals surface area contributed by atoms with Gasteiger partial charge in [-0.3, -0.25) is 4.79 Å². The van der Waals surface area contributed by atoms with Crippen LogP contribution in [0.5, 0.6) is 0 Å². The first-order valence-corrected chi connectivity index (χ1v) is 6.55. The van der Waals surface area contributed by atoms with E-state index in [9.17, 15) is 14.0 Å². The fourth-order valence-electron chi connectivity index (χ4n) is 2.07. The second-order valence-electron chi connectivity index (χ2n) is 4.82. The summed E-state index contributed by atoms with van der Waals surface area (Å²) in [5.41, 5.74) is 1.44. The number of hydrogen-bond donors (Lipinski definition) is 1. The van der Waals surface area contributed by atoms with Crippen LogP contribution in [0.2, 0.25) is 0 Å². The normalized spacial score (nSPS) is 19.4. The fraction of sp³-hybridized carbons (Fsp3) is 0.333. The van der Waals surface area contributed by atoms with Crippen LogP contribution in [0, 0.1) is 5.82 Å². The maximum atomic E-state index is 12.9. The highest BCUT2D eigenvalue weighted by Gasteiger charge is 2.28. The molecular weight excluding hydrogens is 277 g/mol. The van der Waals surface area contributed by atoms with E-state index in [0.29, 0.717) is 12.1 Å². The number of rotatable bonds is 3. The Morgan fingerprint density at radius 2 is 2.05 bits per heavy atom. The van der Waals surface area contributed by atoms with Crippen LogP contribution in [0.15, 0.2) is 30.3 Å². The number of benzene rings is 1. The third-order valence-corrected chi connectivity index (χ3v) is 3.29. The smallest absolute Gasteiger partial charge is 0.334 e. The summed E-state index contributed by atoms with van der Waals surface area (Å²) in [4.78, 5) is 24.5. The second kappa shape index (κ2) is 6.49. The third-order valence-electron chi connectivity index (χ3n) is 3.29. The molecule has 1 aromatic carbocycles. The molecule has 1 aromatic rings. The van der Waals surface area contributed by atoms with Gasteiger partial charge in [0, 0.05) is 12.6 Å². The highest BCUT2D eigenvalue weighted by molar-refractivity contribution is 5.95. The van der Waals surface area contributed by atoms with Crippen LogP contribution in [0.1, 0.15) is 12.5 Å². The van der Waals surface area contributed by atoms with Gasteiger partial charge in [0.15, 0.2) is 6.10 Å². The number of halogens is 1. The lowest BCUT2D eigenvalue weighted by atomic mass is 10.1. The molecule has 1 N–H and O–H groups in total. The molecule has 6 heteroatoms. The number of hydrogen-bond acceptors (Lipinski definition) is 3. The van der Waals surface area contributed by atoms with E-state index in [1.165, 1.54) is 23.1 Å². The number of amides is 1. The number of aliphatic carboxylic acids is 1. The summed E-state index contributed by atoms with van der Waals surface area (Å²) in [6.45, 7) is 2.34. The Morgan fingerprint density at radius 1 is 1.38 bits per heavy atom. The first kappa shape index (κ1) is 15.2. The molecule has 0 spiro atoms. The van der Waals surface area contributed by atoms with Crippen molar-refractivity contribution in [2.45, 2.75) is 13.0 Å². The van der Waals surface area contributed by atoms with Gasteiger partial charge in [-0.05, 0) is 30.2 Å². The summed E-state index contributed by atoms with van der Waals surface area (Å²) in [5, 5.41) is 8.91. The molecule has 21 heavy (non-hydrogen) atoms. The van der Waals surface area contributed by atoms with E-state index >= 15 is 0 Å².